The maximum absolute atomic E-state index is 13.3. The SMILES string of the molecule is O=S(=O)(/N=C1/SC(=Nc2ccccc2)N(c2ccccc2)/C1=N/S(=O)(=O)c1ccccc1)c1ccccc1. The molecule has 0 unspecified atom stereocenters. The van der Waals surface area contributed by atoms with Gasteiger partial charge in [0, 0.05) is 5.69 Å². The van der Waals surface area contributed by atoms with E-state index < -0.39 is 20.0 Å². The molecule has 1 fully saturated rings. The van der Waals surface area contributed by atoms with Crippen molar-refractivity contribution in [3.63, 3.8) is 0 Å². The van der Waals surface area contributed by atoms with Crippen LogP contribution in [0, 0.1) is 0 Å². The van der Waals surface area contributed by atoms with Crippen LogP contribution in [0.1, 0.15) is 0 Å². The highest BCUT2D eigenvalue weighted by Crippen LogP contribution is 2.33. The fourth-order valence-corrected chi connectivity index (χ4v) is 6.76. The summed E-state index contributed by atoms with van der Waals surface area (Å²) in [5.41, 5.74) is 1.13. The summed E-state index contributed by atoms with van der Waals surface area (Å²) in [6, 6.07) is 33.3. The Morgan fingerprint density at radius 3 is 1.53 bits per heavy atom. The molecule has 0 spiro atoms. The fourth-order valence-electron chi connectivity index (χ4n) is 3.51. The summed E-state index contributed by atoms with van der Waals surface area (Å²) in [5, 5.41) is 0.179. The number of para-hydroxylation sites is 2. The molecule has 1 aliphatic rings. The molecule has 8 nitrogen and oxygen atoms in total. The Bertz CT molecular complexity index is 1740. The summed E-state index contributed by atoms with van der Waals surface area (Å²) in [4.78, 5) is 6.11. The number of hydrogen-bond donors (Lipinski definition) is 0. The lowest BCUT2D eigenvalue weighted by molar-refractivity contribution is 0.596. The Hall–Kier alpha value is -4.06. The van der Waals surface area contributed by atoms with Gasteiger partial charge in [-0.2, -0.15) is 16.8 Å². The lowest BCUT2D eigenvalue weighted by atomic mass is 10.3. The average Bonchev–Trinajstić information content (AvgIpc) is 3.25. The van der Waals surface area contributed by atoms with Crippen molar-refractivity contribution in [3.05, 3.63) is 121 Å². The molecule has 4 aromatic carbocycles. The summed E-state index contributed by atoms with van der Waals surface area (Å²) in [6.07, 6.45) is 0. The third kappa shape index (κ3) is 5.59. The monoisotopic (exact) mass is 560 g/mol. The molecule has 11 heteroatoms. The van der Waals surface area contributed by atoms with Crippen LogP contribution in [0.15, 0.2) is 145 Å². The normalized spacial score (nSPS) is 17.4. The van der Waals surface area contributed by atoms with Crippen LogP contribution >= 0.6 is 11.8 Å². The molecular formula is C27H20N4O4S3. The van der Waals surface area contributed by atoms with Crippen LogP contribution in [0.25, 0.3) is 0 Å². The number of rotatable bonds is 6. The largest absolute Gasteiger partial charge is 0.284 e. The maximum atomic E-state index is 13.3. The van der Waals surface area contributed by atoms with Gasteiger partial charge in [0.1, 0.15) is 0 Å². The van der Waals surface area contributed by atoms with Crippen LogP contribution in [-0.2, 0) is 20.0 Å². The average molecular weight is 561 g/mol. The van der Waals surface area contributed by atoms with Crippen molar-refractivity contribution >= 4 is 59.2 Å². The Kier molecular flexibility index (Phi) is 7.23. The Morgan fingerprint density at radius 2 is 1.00 bits per heavy atom. The molecule has 1 heterocycles. The number of sulfonamides is 2. The van der Waals surface area contributed by atoms with Crippen molar-refractivity contribution in [3.8, 4) is 0 Å². The first-order chi connectivity index (χ1) is 18.3. The van der Waals surface area contributed by atoms with E-state index in [0.717, 1.165) is 11.8 Å². The third-order valence-electron chi connectivity index (χ3n) is 5.27. The molecule has 0 amide bonds. The zero-order valence-electron chi connectivity index (χ0n) is 19.7. The van der Waals surface area contributed by atoms with Crippen molar-refractivity contribution in [2.75, 3.05) is 4.90 Å². The molecule has 0 aromatic heterocycles. The number of aliphatic imine (C=N–C) groups is 1. The van der Waals surface area contributed by atoms with Crippen molar-refractivity contribution in [1.82, 2.24) is 0 Å². The second kappa shape index (κ2) is 10.7. The minimum absolute atomic E-state index is 0.0296. The maximum Gasteiger partial charge on any atom is 0.284 e. The highest BCUT2D eigenvalue weighted by molar-refractivity contribution is 8.30. The molecule has 0 N–H and O–H groups in total. The topological polar surface area (TPSA) is 109 Å². The molecule has 4 aromatic rings. The zero-order chi connectivity index (χ0) is 26.6. The van der Waals surface area contributed by atoms with Gasteiger partial charge in [-0.05, 0) is 60.3 Å². The molecule has 0 bridgehead atoms. The number of hydrogen-bond acceptors (Lipinski definition) is 6. The number of nitrogens with zero attached hydrogens (tertiary/aromatic N) is 4. The number of anilines is 1. The van der Waals surface area contributed by atoms with E-state index in [1.165, 1.54) is 29.2 Å². The first-order valence-corrected chi connectivity index (χ1v) is 15.0. The van der Waals surface area contributed by atoms with Crippen molar-refractivity contribution in [2.45, 2.75) is 9.79 Å². The van der Waals surface area contributed by atoms with Gasteiger partial charge in [-0.25, -0.2) is 4.99 Å². The Balaban J connectivity index is 1.75. The van der Waals surface area contributed by atoms with Gasteiger partial charge in [0.2, 0.25) is 0 Å². The van der Waals surface area contributed by atoms with E-state index in [9.17, 15) is 16.8 Å². The van der Waals surface area contributed by atoms with Crippen LogP contribution in [0.5, 0.6) is 0 Å². The second-order valence-electron chi connectivity index (χ2n) is 7.89. The summed E-state index contributed by atoms with van der Waals surface area (Å²) >= 11 is 0.925. The molecule has 38 heavy (non-hydrogen) atoms. The van der Waals surface area contributed by atoms with Crippen LogP contribution in [0.4, 0.5) is 11.4 Å². The summed E-state index contributed by atoms with van der Waals surface area (Å²) in [7, 11) is -8.42. The lowest BCUT2D eigenvalue weighted by Gasteiger charge is -2.18. The van der Waals surface area contributed by atoms with Gasteiger partial charge >= 0.3 is 0 Å². The fraction of sp³-hybridized carbons (Fsp3) is 0. The van der Waals surface area contributed by atoms with Crippen molar-refractivity contribution in [1.29, 1.82) is 0 Å². The first-order valence-electron chi connectivity index (χ1n) is 11.3. The van der Waals surface area contributed by atoms with Crippen LogP contribution in [-0.4, -0.2) is 32.9 Å². The van der Waals surface area contributed by atoms with Gasteiger partial charge in [-0.1, -0.05) is 72.8 Å². The molecular weight excluding hydrogens is 541 g/mol. The standard InChI is InChI=1S/C27H20N4O4S3/c32-37(33,23-17-9-3-10-18-23)29-25-26(30-38(34,35)24-19-11-4-12-20-24)36-27(28-21-13-5-1-6-14-21)31(25)22-15-7-2-8-16-22/h1-20H/b28-27?,29-25+,30-26+. The summed E-state index contributed by atoms with van der Waals surface area (Å²) < 4.78 is 61.3. The summed E-state index contributed by atoms with van der Waals surface area (Å²) in [6.45, 7) is 0. The second-order valence-corrected chi connectivity index (χ2v) is 12.1. The molecule has 1 aliphatic heterocycles. The minimum Gasteiger partial charge on any atom is -0.270 e. The van der Waals surface area contributed by atoms with Gasteiger partial charge in [-0.3, -0.25) is 4.90 Å². The molecule has 5 rings (SSSR count). The van der Waals surface area contributed by atoms with E-state index in [-0.39, 0.29) is 20.7 Å². The molecule has 1 saturated heterocycles. The molecule has 0 aliphatic carbocycles. The van der Waals surface area contributed by atoms with E-state index in [1.54, 1.807) is 72.8 Å². The van der Waals surface area contributed by atoms with E-state index >= 15 is 0 Å². The van der Waals surface area contributed by atoms with Crippen molar-refractivity contribution in [2.24, 2.45) is 13.8 Å². The molecule has 0 saturated carbocycles. The first kappa shape index (κ1) is 25.6. The predicted molar refractivity (Wildman–Crippen MR) is 152 cm³/mol. The zero-order valence-corrected chi connectivity index (χ0v) is 22.1. The van der Waals surface area contributed by atoms with E-state index in [0.29, 0.717) is 16.5 Å². The number of benzene rings is 4. The van der Waals surface area contributed by atoms with Gasteiger partial charge < -0.3 is 0 Å². The van der Waals surface area contributed by atoms with Gasteiger partial charge in [0.05, 0.1) is 15.5 Å². The molecule has 0 radical (unpaired) electrons. The molecule has 0 atom stereocenters. The summed E-state index contributed by atoms with van der Waals surface area (Å²) in [5.74, 6) is -0.167. The predicted octanol–water partition coefficient (Wildman–Crippen LogP) is 5.50. The number of amidine groups is 2. The Labute approximate surface area is 225 Å². The van der Waals surface area contributed by atoms with Crippen LogP contribution < -0.4 is 4.90 Å². The van der Waals surface area contributed by atoms with E-state index in [1.807, 2.05) is 24.3 Å². The van der Waals surface area contributed by atoms with Gasteiger partial charge in [0.15, 0.2) is 16.0 Å². The van der Waals surface area contributed by atoms with Gasteiger partial charge in [0.25, 0.3) is 20.0 Å². The third-order valence-corrected chi connectivity index (χ3v) is 8.88. The number of thioether (sulfide) groups is 1. The molecule has 190 valence electrons. The lowest BCUT2D eigenvalue weighted by Crippen LogP contribution is -2.32. The van der Waals surface area contributed by atoms with E-state index in [2.05, 4.69) is 13.8 Å². The van der Waals surface area contributed by atoms with E-state index in [4.69, 9.17) is 0 Å². The van der Waals surface area contributed by atoms with Crippen molar-refractivity contribution < 1.29 is 16.8 Å². The van der Waals surface area contributed by atoms with Crippen LogP contribution in [0.3, 0.4) is 0 Å². The highest BCUT2D eigenvalue weighted by Gasteiger charge is 2.38. The highest BCUT2D eigenvalue weighted by atomic mass is 32.2. The van der Waals surface area contributed by atoms with Gasteiger partial charge in [-0.15, -0.1) is 8.80 Å². The Morgan fingerprint density at radius 1 is 0.553 bits per heavy atom. The van der Waals surface area contributed by atoms with Crippen LogP contribution in [0.2, 0.25) is 0 Å². The smallest absolute Gasteiger partial charge is 0.270 e. The quantitative estimate of drug-likeness (QED) is 0.308. The minimum atomic E-state index is -4.23.